The van der Waals surface area contributed by atoms with Crippen molar-refractivity contribution < 1.29 is 18.7 Å². The number of carbonyl (C=O) groups is 2. The van der Waals surface area contributed by atoms with Crippen molar-refractivity contribution in [3.63, 3.8) is 0 Å². The number of ether oxygens (including phenoxy) is 1. The molecule has 1 heterocycles. The summed E-state index contributed by atoms with van der Waals surface area (Å²) in [5.41, 5.74) is 3.61. The van der Waals surface area contributed by atoms with Crippen LogP contribution in [-0.2, 0) is 9.59 Å². The Morgan fingerprint density at radius 1 is 1.12 bits per heavy atom. The molecule has 0 aromatic heterocycles. The molecule has 1 aliphatic carbocycles. The number of ketones is 1. The number of anilines is 1. The number of dihydropyridines is 1. The van der Waals surface area contributed by atoms with E-state index in [0.717, 1.165) is 5.70 Å². The molecule has 0 bridgehead atoms. The van der Waals surface area contributed by atoms with Crippen molar-refractivity contribution in [2.45, 2.75) is 39.5 Å². The van der Waals surface area contributed by atoms with Gasteiger partial charge in [-0.1, -0.05) is 38.1 Å². The topological polar surface area (TPSA) is 67.4 Å². The second-order valence-electron chi connectivity index (χ2n) is 9.14. The summed E-state index contributed by atoms with van der Waals surface area (Å²) in [5.74, 6) is -0.735. The molecule has 2 N–H and O–H groups in total. The molecule has 0 fully saturated rings. The molecule has 2 aliphatic rings. The van der Waals surface area contributed by atoms with Crippen molar-refractivity contribution in [2.24, 2.45) is 5.41 Å². The standard InChI is InChI=1S/C26H27FN2O3/c1-15-22(25(31)29-18-7-5-6-8-21(18)32-4)23(16-9-11-17(27)12-10-16)24-19(28-15)13-26(2,3)14-20(24)30/h5-12,23,28H,13-14H2,1-4H3,(H,29,31)/t23-/m0/s1. The van der Waals surface area contributed by atoms with Crippen molar-refractivity contribution in [3.05, 3.63) is 82.5 Å². The van der Waals surface area contributed by atoms with E-state index in [-0.39, 0.29) is 22.9 Å². The Balaban J connectivity index is 1.80. The first kappa shape index (κ1) is 21.8. The second-order valence-corrected chi connectivity index (χ2v) is 9.14. The fraction of sp³-hybridized carbons (Fsp3) is 0.308. The number of para-hydroxylation sites is 2. The molecule has 1 aliphatic heterocycles. The lowest BCUT2D eigenvalue weighted by atomic mass is 9.68. The van der Waals surface area contributed by atoms with Crippen LogP contribution in [0, 0.1) is 11.2 Å². The summed E-state index contributed by atoms with van der Waals surface area (Å²) in [6.45, 7) is 5.96. The van der Waals surface area contributed by atoms with Gasteiger partial charge in [-0.25, -0.2) is 4.39 Å². The third-order valence-electron chi connectivity index (χ3n) is 6.04. The van der Waals surface area contributed by atoms with E-state index in [2.05, 4.69) is 24.5 Å². The maximum absolute atomic E-state index is 13.7. The second kappa shape index (κ2) is 8.26. The lowest BCUT2D eigenvalue weighted by Crippen LogP contribution is -2.39. The van der Waals surface area contributed by atoms with E-state index in [4.69, 9.17) is 4.74 Å². The molecule has 0 saturated heterocycles. The SMILES string of the molecule is COc1ccccc1NC(=O)C1=C(C)NC2=C(C(=O)CC(C)(C)C2)[C@H]1c1ccc(F)cc1. The van der Waals surface area contributed by atoms with Crippen LogP contribution < -0.4 is 15.4 Å². The lowest BCUT2D eigenvalue weighted by Gasteiger charge is -2.39. The first-order valence-corrected chi connectivity index (χ1v) is 10.6. The molecular formula is C26H27FN2O3. The number of nitrogens with one attached hydrogen (secondary N) is 2. The fourth-order valence-corrected chi connectivity index (χ4v) is 4.66. The average molecular weight is 435 g/mol. The Morgan fingerprint density at radius 3 is 2.50 bits per heavy atom. The molecule has 32 heavy (non-hydrogen) atoms. The molecular weight excluding hydrogens is 407 g/mol. The quantitative estimate of drug-likeness (QED) is 0.705. The molecule has 2 aromatic rings. The molecule has 5 nitrogen and oxygen atoms in total. The molecule has 1 atom stereocenters. The van der Waals surface area contributed by atoms with Crippen molar-refractivity contribution in [1.29, 1.82) is 0 Å². The van der Waals surface area contributed by atoms with Crippen molar-refractivity contribution >= 4 is 17.4 Å². The van der Waals surface area contributed by atoms with E-state index in [1.54, 1.807) is 31.4 Å². The largest absolute Gasteiger partial charge is 0.495 e. The molecule has 1 amide bonds. The molecule has 166 valence electrons. The van der Waals surface area contributed by atoms with Crippen LogP contribution in [0.1, 0.15) is 45.1 Å². The number of methoxy groups -OCH3 is 1. The van der Waals surface area contributed by atoms with Crippen molar-refractivity contribution in [3.8, 4) is 5.75 Å². The fourth-order valence-electron chi connectivity index (χ4n) is 4.66. The summed E-state index contributed by atoms with van der Waals surface area (Å²) >= 11 is 0. The lowest BCUT2D eigenvalue weighted by molar-refractivity contribution is -0.118. The van der Waals surface area contributed by atoms with Gasteiger partial charge in [0, 0.05) is 34.9 Å². The smallest absolute Gasteiger partial charge is 0.254 e. The Labute approximate surface area is 187 Å². The highest BCUT2D eigenvalue weighted by molar-refractivity contribution is 6.10. The summed E-state index contributed by atoms with van der Waals surface area (Å²) < 4.78 is 19.0. The van der Waals surface area contributed by atoms with Crippen LogP contribution in [0.25, 0.3) is 0 Å². The van der Waals surface area contributed by atoms with E-state index in [0.29, 0.717) is 46.7 Å². The maximum Gasteiger partial charge on any atom is 0.254 e. The van der Waals surface area contributed by atoms with Crippen LogP contribution in [0.4, 0.5) is 10.1 Å². The zero-order chi connectivity index (χ0) is 23.0. The van der Waals surface area contributed by atoms with Gasteiger partial charge in [0.25, 0.3) is 5.91 Å². The predicted octanol–water partition coefficient (Wildman–Crippen LogP) is 5.08. The van der Waals surface area contributed by atoms with Gasteiger partial charge in [0.1, 0.15) is 11.6 Å². The maximum atomic E-state index is 13.7. The Morgan fingerprint density at radius 2 is 1.81 bits per heavy atom. The van der Waals surface area contributed by atoms with Gasteiger partial charge in [0.15, 0.2) is 5.78 Å². The number of benzene rings is 2. The number of halogens is 1. The summed E-state index contributed by atoms with van der Waals surface area (Å²) in [4.78, 5) is 26.8. The molecule has 4 rings (SSSR count). The van der Waals surface area contributed by atoms with Crippen LogP contribution in [0.2, 0.25) is 0 Å². The molecule has 6 heteroatoms. The van der Waals surface area contributed by atoms with Crippen LogP contribution in [0.3, 0.4) is 0 Å². The van der Waals surface area contributed by atoms with Gasteiger partial charge in [-0.2, -0.15) is 0 Å². The van der Waals surface area contributed by atoms with E-state index in [9.17, 15) is 14.0 Å². The summed E-state index contributed by atoms with van der Waals surface area (Å²) in [6, 6.07) is 13.2. The van der Waals surface area contributed by atoms with Crippen LogP contribution in [0.15, 0.2) is 71.1 Å². The monoisotopic (exact) mass is 434 g/mol. The van der Waals surface area contributed by atoms with Gasteiger partial charge in [0.05, 0.1) is 12.8 Å². The van der Waals surface area contributed by atoms with E-state index in [1.165, 1.54) is 12.1 Å². The normalized spacial score (nSPS) is 19.9. The van der Waals surface area contributed by atoms with Crippen LogP contribution in [-0.4, -0.2) is 18.8 Å². The Kier molecular flexibility index (Phi) is 5.63. The molecule has 0 radical (unpaired) electrons. The summed E-state index contributed by atoms with van der Waals surface area (Å²) in [7, 11) is 1.54. The van der Waals surface area contributed by atoms with Gasteiger partial charge in [-0.05, 0) is 48.6 Å². The third kappa shape index (κ3) is 4.05. The molecule has 0 unspecified atom stereocenters. The summed E-state index contributed by atoms with van der Waals surface area (Å²) in [6.07, 6.45) is 1.09. The van der Waals surface area contributed by atoms with E-state index < -0.39 is 5.92 Å². The van der Waals surface area contributed by atoms with E-state index >= 15 is 0 Å². The minimum atomic E-state index is -0.579. The molecule has 0 spiro atoms. The molecule has 0 saturated carbocycles. The van der Waals surface area contributed by atoms with Gasteiger partial charge in [-0.15, -0.1) is 0 Å². The first-order valence-electron chi connectivity index (χ1n) is 10.6. The minimum Gasteiger partial charge on any atom is -0.495 e. The van der Waals surface area contributed by atoms with Gasteiger partial charge < -0.3 is 15.4 Å². The number of hydrogen-bond acceptors (Lipinski definition) is 4. The number of hydrogen-bond donors (Lipinski definition) is 2. The van der Waals surface area contributed by atoms with Gasteiger partial charge in [-0.3, -0.25) is 9.59 Å². The van der Waals surface area contributed by atoms with Crippen molar-refractivity contribution in [1.82, 2.24) is 5.32 Å². The number of rotatable bonds is 4. The van der Waals surface area contributed by atoms with Crippen LogP contribution in [0.5, 0.6) is 5.75 Å². The minimum absolute atomic E-state index is 0.00756. The molecule has 2 aromatic carbocycles. The number of carbonyl (C=O) groups excluding carboxylic acids is 2. The van der Waals surface area contributed by atoms with Crippen molar-refractivity contribution in [2.75, 3.05) is 12.4 Å². The van der Waals surface area contributed by atoms with Crippen LogP contribution >= 0.6 is 0 Å². The highest BCUT2D eigenvalue weighted by Gasteiger charge is 2.42. The van der Waals surface area contributed by atoms with E-state index in [1.807, 2.05) is 19.1 Å². The zero-order valence-corrected chi connectivity index (χ0v) is 18.7. The average Bonchev–Trinajstić information content (AvgIpc) is 2.72. The van der Waals surface area contributed by atoms with Gasteiger partial charge in [0.2, 0.25) is 0 Å². The summed E-state index contributed by atoms with van der Waals surface area (Å²) in [5, 5.41) is 6.26. The Hall–Kier alpha value is -3.41. The zero-order valence-electron chi connectivity index (χ0n) is 18.7. The number of amides is 1. The highest BCUT2D eigenvalue weighted by atomic mass is 19.1. The third-order valence-corrected chi connectivity index (χ3v) is 6.04. The predicted molar refractivity (Wildman–Crippen MR) is 122 cm³/mol. The highest BCUT2D eigenvalue weighted by Crippen LogP contribution is 2.46. The van der Waals surface area contributed by atoms with Gasteiger partial charge >= 0.3 is 0 Å². The first-order chi connectivity index (χ1) is 15.2. The Bertz CT molecular complexity index is 1150. The number of allylic oxidation sites excluding steroid dienone is 3. The number of Topliss-reactive ketones (excluding diaryl/α,β-unsaturated/α-hetero) is 1.